The third-order valence-electron chi connectivity index (χ3n) is 6.79. The van der Waals surface area contributed by atoms with Crippen LogP contribution in [-0.2, 0) is 17.9 Å². The van der Waals surface area contributed by atoms with Crippen LogP contribution in [0.1, 0.15) is 76.5 Å². The standard InChI is InChI=1S/C28H43N5O2/c1-3-5-6-7-8-9-13-16-27(35)32-17-19-33(20-18-32)28-29-25(21-26(34)30-28)23-31(4-2)22-24-14-11-10-12-15-24/h10-12,14-15,21H,3-9,13,16-20,22-23H2,1-2H3,(H,29,30,34). The fourth-order valence-corrected chi connectivity index (χ4v) is 4.63. The number of anilines is 1. The van der Waals surface area contributed by atoms with Crippen molar-refractivity contribution in [2.75, 3.05) is 37.6 Å². The lowest BCUT2D eigenvalue weighted by Gasteiger charge is -2.35. The van der Waals surface area contributed by atoms with Gasteiger partial charge in [0.15, 0.2) is 0 Å². The van der Waals surface area contributed by atoms with Gasteiger partial charge in [0, 0.05) is 51.8 Å². The van der Waals surface area contributed by atoms with Gasteiger partial charge in [0.25, 0.3) is 5.56 Å². The second-order valence-corrected chi connectivity index (χ2v) is 9.59. The molecule has 1 aromatic heterocycles. The molecule has 35 heavy (non-hydrogen) atoms. The molecule has 1 amide bonds. The van der Waals surface area contributed by atoms with Gasteiger partial charge in [-0.25, -0.2) is 4.98 Å². The van der Waals surface area contributed by atoms with Crippen molar-refractivity contribution in [3.8, 4) is 0 Å². The lowest BCUT2D eigenvalue weighted by molar-refractivity contribution is -0.131. The van der Waals surface area contributed by atoms with Crippen LogP contribution in [0.5, 0.6) is 0 Å². The zero-order valence-electron chi connectivity index (χ0n) is 21.7. The SMILES string of the molecule is CCCCCCCCCC(=O)N1CCN(c2nc(CN(CC)Cc3ccccc3)cc(=O)[nH]2)CC1. The molecule has 1 aliphatic heterocycles. The Labute approximate surface area is 210 Å². The molecular weight excluding hydrogens is 438 g/mol. The highest BCUT2D eigenvalue weighted by Crippen LogP contribution is 2.15. The second kappa shape index (κ2) is 14.7. The number of hydrogen-bond acceptors (Lipinski definition) is 5. The van der Waals surface area contributed by atoms with Gasteiger partial charge in [-0.2, -0.15) is 0 Å². The molecule has 1 aliphatic rings. The number of H-pyrrole nitrogens is 1. The van der Waals surface area contributed by atoms with Crippen molar-refractivity contribution in [1.82, 2.24) is 19.8 Å². The largest absolute Gasteiger partial charge is 0.339 e. The van der Waals surface area contributed by atoms with Crippen LogP contribution in [0.15, 0.2) is 41.2 Å². The van der Waals surface area contributed by atoms with E-state index < -0.39 is 0 Å². The number of aromatic amines is 1. The third-order valence-corrected chi connectivity index (χ3v) is 6.79. The van der Waals surface area contributed by atoms with Gasteiger partial charge in [-0.1, -0.05) is 82.7 Å². The summed E-state index contributed by atoms with van der Waals surface area (Å²) in [7, 11) is 0. The fraction of sp³-hybridized carbons (Fsp3) is 0.607. The zero-order chi connectivity index (χ0) is 24.9. The Kier molecular flexibility index (Phi) is 11.3. The summed E-state index contributed by atoms with van der Waals surface area (Å²) in [5.74, 6) is 0.871. The van der Waals surface area contributed by atoms with E-state index in [0.717, 1.165) is 31.6 Å². The van der Waals surface area contributed by atoms with Crippen LogP contribution in [-0.4, -0.2) is 58.4 Å². The molecule has 1 N–H and O–H groups in total. The summed E-state index contributed by atoms with van der Waals surface area (Å²) < 4.78 is 0. The zero-order valence-corrected chi connectivity index (χ0v) is 21.7. The minimum atomic E-state index is -0.127. The Balaban J connectivity index is 1.47. The molecule has 3 rings (SSSR count). The predicted molar refractivity (Wildman–Crippen MR) is 142 cm³/mol. The van der Waals surface area contributed by atoms with Crippen LogP contribution in [0, 0.1) is 0 Å². The van der Waals surface area contributed by atoms with E-state index >= 15 is 0 Å². The summed E-state index contributed by atoms with van der Waals surface area (Å²) >= 11 is 0. The molecule has 0 unspecified atom stereocenters. The smallest absolute Gasteiger partial charge is 0.252 e. The van der Waals surface area contributed by atoms with E-state index in [2.05, 4.69) is 40.8 Å². The molecule has 1 aromatic carbocycles. The molecule has 0 spiro atoms. The van der Waals surface area contributed by atoms with Crippen LogP contribution in [0.4, 0.5) is 5.95 Å². The van der Waals surface area contributed by atoms with E-state index in [-0.39, 0.29) is 11.5 Å². The minimum Gasteiger partial charge on any atom is -0.339 e. The molecule has 2 heterocycles. The maximum absolute atomic E-state index is 12.6. The molecule has 0 saturated carbocycles. The number of carbonyl (C=O) groups excluding carboxylic acids is 1. The van der Waals surface area contributed by atoms with E-state index in [9.17, 15) is 9.59 Å². The van der Waals surface area contributed by atoms with Gasteiger partial charge in [-0.3, -0.25) is 19.5 Å². The molecule has 1 saturated heterocycles. The number of nitrogens with one attached hydrogen (secondary N) is 1. The first-order valence-electron chi connectivity index (χ1n) is 13.5. The summed E-state index contributed by atoms with van der Waals surface area (Å²) in [5.41, 5.74) is 1.90. The Morgan fingerprint density at radius 3 is 2.31 bits per heavy atom. The van der Waals surface area contributed by atoms with E-state index in [4.69, 9.17) is 4.98 Å². The molecular formula is C28H43N5O2. The van der Waals surface area contributed by atoms with E-state index in [1.54, 1.807) is 6.07 Å². The summed E-state index contributed by atoms with van der Waals surface area (Å²) in [5, 5.41) is 0. The maximum Gasteiger partial charge on any atom is 0.252 e. The normalized spacial score (nSPS) is 14.0. The first-order valence-corrected chi connectivity index (χ1v) is 13.5. The number of amides is 1. The van der Waals surface area contributed by atoms with Gasteiger partial charge in [-0.05, 0) is 18.5 Å². The monoisotopic (exact) mass is 481 g/mol. The quantitative estimate of drug-likeness (QED) is 0.400. The average molecular weight is 482 g/mol. The van der Waals surface area contributed by atoms with Crippen molar-refractivity contribution in [2.24, 2.45) is 0 Å². The molecule has 192 valence electrons. The topological polar surface area (TPSA) is 72.5 Å². The molecule has 0 bridgehead atoms. The summed E-state index contributed by atoms with van der Waals surface area (Å²) in [6.07, 6.45) is 9.19. The average Bonchev–Trinajstić information content (AvgIpc) is 2.88. The van der Waals surface area contributed by atoms with E-state index in [0.29, 0.717) is 45.1 Å². The van der Waals surface area contributed by atoms with E-state index in [1.807, 2.05) is 23.1 Å². The van der Waals surface area contributed by atoms with Gasteiger partial charge in [0.05, 0.1) is 5.69 Å². The Morgan fingerprint density at radius 1 is 0.943 bits per heavy atom. The molecule has 1 fully saturated rings. The van der Waals surface area contributed by atoms with Crippen molar-refractivity contribution in [2.45, 2.75) is 78.3 Å². The van der Waals surface area contributed by atoms with Gasteiger partial charge in [-0.15, -0.1) is 0 Å². The Morgan fingerprint density at radius 2 is 1.63 bits per heavy atom. The van der Waals surface area contributed by atoms with E-state index in [1.165, 1.54) is 37.7 Å². The Hall–Kier alpha value is -2.67. The Bertz CT molecular complexity index is 938. The number of unbranched alkanes of at least 4 members (excludes halogenated alkanes) is 6. The molecule has 2 aromatic rings. The number of rotatable bonds is 14. The van der Waals surface area contributed by atoms with Crippen LogP contribution >= 0.6 is 0 Å². The highest BCUT2D eigenvalue weighted by molar-refractivity contribution is 5.76. The number of aromatic nitrogens is 2. The van der Waals surface area contributed by atoms with Gasteiger partial charge >= 0.3 is 0 Å². The lowest BCUT2D eigenvalue weighted by Crippen LogP contribution is -2.49. The highest BCUT2D eigenvalue weighted by Gasteiger charge is 2.22. The first kappa shape index (κ1) is 26.9. The second-order valence-electron chi connectivity index (χ2n) is 9.59. The van der Waals surface area contributed by atoms with Crippen molar-refractivity contribution >= 4 is 11.9 Å². The van der Waals surface area contributed by atoms with Crippen molar-refractivity contribution < 1.29 is 4.79 Å². The van der Waals surface area contributed by atoms with Crippen LogP contribution in [0.3, 0.4) is 0 Å². The fourth-order valence-electron chi connectivity index (χ4n) is 4.63. The maximum atomic E-state index is 12.6. The summed E-state index contributed by atoms with van der Waals surface area (Å²) in [6.45, 7) is 9.41. The number of hydrogen-bond donors (Lipinski definition) is 1. The molecule has 7 heteroatoms. The molecule has 0 atom stereocenters. The third kappa shape index (κ3) is 9.13. The summed E-state index contributed by atoms with van der Waals surface area (Å²) in [6, 6.07) is 11.9. The first-order chi connectivity index (χ1) is 17.1. The van der Waals surface area contributed by atoms with Crippen molar-refractivity contribution in [3.05, 3.63) is 58.0 Å². The van der Waals surface area contributed by atoms with Gasteiger partial charge in [0.2, 0.25) is 11.9 Å². The number of carbonyl (C=O) groups is 1. The minimum absolute atomic E-state index is 0.127. The van der Waals surface area contributed by atoms with Crippen molar-refractivity contribution in [1.29, 1.82) is 0 Å². The summed E-state index contributed by atoms with van der Waals surface area (Å²) in [4.78, 5) is 39.0. The molecule has 0 radical (unpaired) electrons. The lowest BCUT2D eigenvalue weighted by atomic mass is 10.1. The van der Waals surface area contributed by atoms with Gasteiger partial charge < -0.3 is 9.80 Å². The van der Waals surface area contributed by atoms with Crippen LogP contribution in [0.25, 0.3) is 0 Å². The van der Waals surface area contributed by atoms with Crippen LogP contribution in [0.2, 0.25) is 0 Å². The highest BCUT2D eigenvalue weighted by atomic mass is 16.2. The van der Waals surface area contributed by atoms with Crippen LogP contribution < -0.4 is 10.5 Å². The van der Waals surface area contributed by atoms with Gasteiger partial charge in [0.1, 0.15) is 0 Å². The molecule has 7 nitrogen and oxygen atoms in total. The number of nitrogens with zero attached hydrogens (tertiary/aromatic N) is 4. The molecule has 0 aliphatic carbocycles. The number of benzene rings is 1. The van der Waals surface area contributed by atoms with Crippen molar-refractivity contribution in [3.63, 3.8) is 0 Å². The number of piperazine rings is 1. The predicted octanol–water partition coefficient (Wildman–Crippen LogP) is 4.58.